The number of methoxy groups -OCH3 is 1. The molecule has 0 spiro atoms. The van der Waals surface area contributed by atoms with Gasteiger partial charge < -0.3 is 9.47 Å². The average Bonchev–Trinajstić information content (AvgIpc) is 2.58. The van der Waals surface area contributed by atoms with Gasteiger partial charge in [0, 0.05) is 6.08 Å². The van der Waals surface area contributed by atoms with E-state index in [-0.39, 0.29) is 12.4 Å². The largest absolute Gasteiger partial charge is 0.465 e. The molecule has 5 heteroatoms. The van der Waals surface area contributed by atoms with E-state index in [1.807, 2.05) is 0 Å². The van der Waals surface area contributed by atoms with Gasteiger partial charge in [-0.25, -0.2) is 14.0 Å². The minimum absolute atomic E-state index is 0.0772. The normalized spacial score (nSPS) is 10.5. The fourth-order valence-corrected chi connectivity index (χ4v) is 1.83. The number of hydrogen-bond acceptors (Lipinski definition) is 4. The summed E-state index contributed by atoms with van der Waals surface area (Å²) in [5.74, 6) is -1.33. The lowest BCUT2D eigenvalue weighted by molar-refractivity contribution is -0.138. The third kappa shape index (κ3) is 5.07. The summed E-state index contributed by atoms with van der Waals surface area (Å²) in [5, 5.41) is 0. The van der Waals surface area contributed by atoms with Crippen LogP contribution in [0.25, 0.3) is 6.08 Å². The van der Waals surface area contributed by atoms with Crippen LogP contribution in [0.2, 0.25) is 0 Å². The van der Waals surface area contributed by atoms with Gasteiger partial charge in [0.15, 0.2) is 0 Å². The molecule has 23 heavy (non-hydrogen) atoms. The quantitative estimate of drug-likeness (QED) is 0.627. The molecule has 0 aliphatic rings. The highest BCUT2D eigenvalue weighted by molar-refractivity contribution is 5.89. The standard InChI is InChI=1S/C18H15FO4/c1-22-18(21)15-8-5-14(6-9-15)12-23-17(20)10-7-13-3-2-4-16(19)11-13/h2-11H,12H2,1H3/b10-7+. The monoisotopic (exact) mass is 314 g/mol. The highest BCUT2D eigenvalue weighted by Crippen LogP contribution is 2.08. The number of ether oxygens (including phenoxy) is 2. The number of benzene rings is 2. The Kier molecular flexibility index (Phi) is 5.63. The summed E-state index contributed by atoms with van der Waals surface area (Å²) in [4.78, 5) is 22.9. The Morgan fingerprint density at radius 1 is 1.13 bits per heavy atom. The SMILES string of the molecule is COC(=O)c1ccc(COC(=O)/C=C/c2cccc(F)c2)cc1. The molecule has 0 bridgehead atoms. The Balaban J connectivity index is 1.88. The van der Waals surface area contributed by atoms with Crippen molar-refractivity contribution >= 4 is 18.0 Å². The first kappa shape index (κ1) is 16.4. The summed E-state index contributed by atoms with van der Waals surface area (Å²) in [6, 6.07) is 12.4. The second-order valence-electron chi connectivity index (χ2n) is 4.68. The Hall–Kier alpha value is -2.95. The van der Waals surface area contributed by atoms with Crippen molar-refractivity contribution in [2.24, 2.45) is 0 Å². The number of hydrogen-bond donors (Lipinski definition) is 0. The van der Waals surface area contributed by atoms with Crippen molar-refractivity contribution in [3.05, 3.63) is 77.1 Å². The zero-order valence-electron chi connectivity index (χ0n) is 12.5. The van der Waals surface area contributed by atoms with Crippen molar-refractivity contribution in [2.75, 3.05) is 7.11 Å². The maximum absolute atomic E-state index is 13.0. The maximum Gasteiger partial charge on any atom is 0.337 e. The molecule has 0 fully saturated rings. The predicted molar refractivity (Wildman–Crippen MR) is 83.0 cm³/mol. The van der Waals surface area contributed by atoms with Gasteiger partial charge in [-0.05, 0) is 41.5 Å². The van der Waals surface area contributed by atoms with Crippen LogP contribution in [0.4, 0.5) is 4.39 Å². The molecule has 0 amide bonds. The van der Waals surface area contributed by atoms with Crippen molar-refractivity contribution in [3.8, 4) is 0 Å². The van der Waals surface area contributed by atoms with Crippen LogP contribution in [0.5, 0.6) is 0 Å². The minimum Gasteiger partial charge on any atom is -0.465 e. The Morgan fingerprint density at radius 3 is 2.52 bits per heavy atom. The topological polar surface area (TPSA) is 52.6 Å². The second-order valence-corrected chi connectivity index (χ2v) is 4.68. The van der Waals surface area contributed by atoms with Gasteiger partial charge in [-0.1, -0.05) is 24.3 Å². The van der Waals surface area contributed by atoms with E-state index in [9.17, 15) is 14.0 Å². The highest BCUT2D eigenvalue weighted by Gasteiger charge is 2.05. The van der Waals surface area contributed by atoms with Crippen LogP contribution in [0.15, 0.2) is 54.6 Å². The Labute approximate surface area is 133 Å². The lowest BCUT2D eigenvalue weighted by Gasteiger charge is -2.04. The first-order valence-corrected chi connectivity index (χ1v) is 6.86. The zero-order chi connectivity index (χ0) is 16.7. The van der Waals surface area contributed by atoms with Gasteiger partial charge in [0.1, 0.15) is 12.4 Å². The smallest absolute Gasteiger partial charge is 0.337 e. The zero-order valence-corrected chi connectivity index (χ0v) is 12.5. The molecule has 4 nitrogen and oxygen atoms in total. The van der Waals surface area contributed by atoms with Gasteiger partial charge in [-0.15, -0.1) is 0 Å². The van der Waals surface area contributed by atoms with E-state index >= 15 is 0 Å². The summed E-state index contributed by atoms with van der Waals surface area (Å²) < 4.78 is 22.7. The van der Waals surface area contributed by atoms with E-state index in [1.165, 1.54) is 31.4 Å². The third-order valence-corrected chi connectivity index (χ3v) is 3.02. The van der Waals surface area contributed by atoms with Crippen LogP contribution in [0.3, 0.4) is 0 Å². The van der Waals surface area contributed by atoms with Crippen molar-refractivity contribution in [1.29, 1.82) is 0 Å². The van der Waals surface area contributed by atoms with Crippen LogP contribution in [0.1, 0.15) is 21.5 Å². The lowest BCUT2D eigenvalue weighted by atomic mass is 10.1. The molecule has 118 valence electrons. The van der Waals surface area contributed by atoms with Crippen molar-refractivity contribution in [3.63, 3.8) is 0 Å². The number of esters is 2. The molecule has 2 aromatic carbocycles. The van der Waals surface area contributed by atoms with E-state index in [4.69, 9.17) is 4.74 Å². The number of halogens is 1. The second kappa shape index (κ2) is 7.89. The molecular formula is C18H15FO4. The van der Waals surface area contributed by atoms with E-state index in [1.54, 1.807) is 36.4 Å². The molecule has 0 atom stereocenters. The molecule has 0 saturated heterocycles. The minimum atomic E-state index is -0.536. The molecule has 2 rings (SSSR count). The molecule has 0 N–H and O–H groups in total. The molecule has 0 aliphatic heterocycles. The van der Waals surface area contributed by atoms with E-state index in [2.05, 4.69) is 4.74 Å². The van der Waals surface area contributed by atoms with Crippen LogP contribution in [0, 0.1) is 5.82 Å². The predicted octanol–water partition coefficient (Wildman–Crippen LogP) is 3.37. The molecule has 2 aromatic rings. The molecule has 0 radical (unpaired) electrons. The summed E-state index contributed by atoms with van der Waals surface area (Å²) in [6.07, 6.45) is 2.71. The van der Waals surface area contributed by atoms with Gasteiger partial charge in [0.05, 0.1) is 12.7 Å². The van der Waals surface area contributed by atoms with Crippen LogP contribution < -0.4 is 0 Å². The van der Waals surface area contributed by atoms with Gasteiger partial charge >= 0.3 is 11.9 Å². The molecule has 0 aliphatic carbocycles. The summed E-state index contributed by atoms with van der Waals surface area (Å²) >= 11 is 0. The molecule has 0 heterocycles. The van der Waals surface area contributed by atoms with Gasteiger partial charge in [-0.2, -0.15) is 0 Å². The molecule has 0 unspecified atom stereocenters. The average molecular weight is 314 g/mol. The Bertz CT molecular complexity index is 720. The first-order valence-electron chi connectivity index (χ1n) is 6.86. The van der Waals surface area contributed by atoms with E-state index in [0.29, 0.717) is 11.1 Å². The third-order valence-electron chi connectivity index (χ3n) is 3.02. The van der Waals surface area contributed by atoms with Gasteiger partial charge in [0.25, 0.3) is 0 Å². The fraction of sp³-hybridized carbons (Fsp3) is 0.111. The number of carbonyl (C=O) groups is 2. The van der Waals surface area contributed by atoms with Gasteiger partial charge in [0.2, 0.25) is 0 Å². The number of carbonyl (C=O) groups excluding carboxylic acids is 2. The Morgan fingerprint density at radius 2 is 1.87 bits per heavy atom. The van der Waals surface area contributed by atoms with Crippen LogP contribution >= 0.6 is 0 Å². The molecule has 0 saturated carbocycles. The van der Waals surface area contributed by atoms with E-state index in [0.717, 1.165) is 5.56 Å². The van der Waals surface area contributed by atoms with Crippen molar-refractivity contribution in [2.45, 2.75) is 6.61 Å². The molecule has 0 aromatic heterocycles. The van der Waals surface area contributed by atoms with Crippen molar-refractivity contribution in [1.82, 2.24) is 0 Å². The first-order chi connectivity index (χ1) is 11.1. The summed E-state index contributed by atoms with van der Waals surface area (Å²) in [5.41, 5.74) is 1.74. The van der Waals surface area contributed by atoms with Crippen molar-refractivity contribution < 1.29 is 23.5 Å². The van der Waals surface area contributed by atoms with Crippen LogP contribution in [-0.4, -0.2) is 19.0 Å². The fourth-order valence-electron chi connectivity index (χ4n) is 1.83. The summed E-state index contributed by atoms with van der Waals surface area (Å²) in [7, 11) is 1.31. The maximum atomic E-state index is 13.0. The van der Waals surface area contributed by atoms with Gasteiger partial charge in [-0.3, -0.25) is 0 Å². The van der Waals surface area contributed by atoms with E-state index < -0.39 is 11.9 Å². The number of rotatable bonds is 5. The molecular weight excluding hydrogens is 299 g/mol. The lowest BCUT2D eigenvalue weighted by Crippen LogP contribution is -2.03. The summed E-state index contributed by atoms with van der Waals surface area (Å²) in [6.45, 7) is 0.0772. The van der Waals surface area contributed by atoms with Crippen LogP contribution in [-0.2, 0) is 20.9 Å². The highest BCUT2D eigenvalue weighted by atomic mass is 19.1.